The lowest BCUT2D eigenvalue weighted by Gasteiger charge is -2.27. The van der Waals surface area contributed by atoms with Gasteiger partial charge in [-0.2, -0.15) is 0 Å². The Hall–Kier alpha value is -2.64. The monoisotopic (exact) mass is 388 g/mol. The van der Waals surface area contributed by atoms with Crippen LogP contribution in [0.3, 0.4) is 0 Å². The average molecular weight is 388 g/mol. The normalized spacial score (nSPS) is 23.4. The molecule has 2 aliphatic rings. The number of nitrogens with one attached hydrogen (secondary N) is 1. The average Bonchev–Trinajstić information content (AvgIpc) is 3.34. The van der Waals surface area contributed by atoms with E-state index in [0.29, 0.717) is 25.2 Å². The summed E-state index contributed by atoms with van der Waals surface area (Å²) in [5.74, 6) is -1.81. The molecule has 1 aliphatic heterocycles. The first-order valence-electron chi connectivity index (χ1n) is 9.78. The van der Waals surface area contributed by atoms with E-state index < -0.39 is 29.7 Å². The second-order valence-corrected chi connectivity index (χ2v) is 7.48. The molecule has 1 aromatic heterocycles. The fourth-order valence-electron chi connectivity index (χ4n) is 4.03. The summed E-state index contributed by atoms with van der Waals surface area (Å²) in [6.45, 7) is 0.178. The molecule has 1 unspecified atom stereocenters. The Bertz CT molecular complexity index is 724. The minimum atomic E-state index is -1.43. The lowest BCUT2D eigenvalue weighted by Crippen LogP contribution is -2.56. The number of ketones is 1. The van der Waals surface area contributed by atoms with E-state index in [-0.39, 0.29) is 18.2 Å². The van der Waals surface area contributed by atoms with E-state index in [9.17, 15) is 19.2 Å². The van der Waals surface area contributed by atoms with Crippen molar-refractivity contribution in [2.45, 2.75) is 57.0 Å². The maximum absolute atomic E-state index is 12.9. The molecule has 28 heavy (non-hydrogen) atoms. The molecule has 1 aromatic rings. The molecular weight excluding hydrogens is 362 g/mol. The Morgan fingerprint density at radius 3 is 2.61 bits per heavy atom. The summed E-state index contributed by atoms with van der Waals surface area (Å²) in [4.78, 5) is 50.9. The zero-order valence-corrected chi connectivity index (χ0v) is 15.8. The first-order chi connectivity index (χ1) is 13.5. The topological polar surface area (TPSA) is 123 Å². The molecular formula is C20H26N3O5. The van der Waals surface area contributed by atoms with Crippen LogP contribution in [0.1, 0.15) is 55.5 Å². The van der Waals surface area contributed by atoms with Crippen LogP contribution in [0.15, 0.2) is 22.8 Å². The van der Waals surface area contributed by atoms with Gasteiger partial charge in [0.25, 0.3) is 5.91 Å². The van der Waals surface area contributed by atoms with Crippen LogP contribution in [0.25, 0.3) is 0 Å². The van der Waals surface area contributed by atoms with Gasteiger partial charge in [0, 0.05) is 13.0 Å². The van der Waals surface area contributed by atoms with Crippen LogP contribution in [-0.4, -0.2) is 47.0 Å². The molecule has 3 N–H and O–H groups in total. The number of likely N-dealkylation sites (tertiary alicyclic amines) is 1. The smallest absolute Gasteiger partial charge is 0.290 e. The molecule has 2 heterocycles. The van der Waals surface area contributed by atoms with Crippen LogP contribution in [0.5, 0.6) is 0 Å². The van der Waals surface area contributed by atoms with E-state index in [1.54, 1.807) is 12.5 Å². The predicted molar refractivity (Wildman–Crippen MR) is 99.8 cm³/mol. The van der Waals surface area contributed by atoms with Gasteiger partial charge in [-0.25, -0.2) is 0 Å². The number of furan rings is 1. The van der Waals surface area contributed by atoms with Crippen LogP contribution in [0, 0.1) is 12.3 Å². The number of hydrogen-bond acceptors (Lipinski definition) is 5. The molecule has 3 rings (SSSR count). The highest BCUT2D eigenvalue weighted by atomic mass is 16.3. The van der Waals surface area contributed by atoms with E-state index in [4.69, 9.17) is 10.2 Å². The third kappa shape index (κ3) is 4.61. The number of carbonyl (C=O) groups excluding carboxylic acids is 4. The molecule has 0 spiro atoms. The highest BCUT2D eigenvalue weighted by Crippen LogP contribution is 2.28. The van der Waals surface area contributed by atoms with Gasteiger partial charge < -0.3 is 20.4 Å². The minimum absolute atomic E-state index is 0.0337. The maximum Gasteiger partial charge on any atom is 0.290 e. The minimum Gasteiger partial charge on any atom is -0.459 e. The van der Waals surface area contributed by atoms with Gasteiger partial charge >= 0.3 is 0 Å². The fraction of sp³-hybridized carbons (Fsp3) is 0.550. The summed E-state index contributed by atoms with van der Waals surface area (Å²) >= 11 is 0. The number of carbonyl (C=O) groups is 4. The summed E-state index contributed by atoms with van der Waals surface area (Å²) in [6.07, 6.45) is 9.05. The van der Waals surface area contributed by atoms with Crippen LogP contribution in [-0.2, 0) is 14.4 Å². The first-order valence-corrected chi connectivity index (χ1v) is 9.78. The van der Waals surface area contributed by atoms with Crippen molar-refractivity contribution >= 4 is 23.5 Å². The molecule has 0 bridgehead atoms. The Morgan fingerprint density at radius 2 is 1.96 bits per heavy atom. The van der Waals surface area contributed by atoms with Gasteiger partial charge in [0.1, 0.15) is 0 Å². The van der Waals surface area contributed by atoms with E-state index in [0.717, 1.165) is 17.7 Å². The summed E-state index contributed by atoms with van der Waals surface area (Å²) in [5.41, 5.74) is 5.44. The molecule has 0 aromatic carbocycles. The number of hydrogen-bond donors (Lipinski definition) is 2. The fourth-order valence-corrected chi connectivity index (χ4v) is 4.03. The van der Waals surface area contributed by atoms with E-state index >= 15 is 0 Å². The largest absolute Gasteiger partial charge is 0.459 e. The molecule has 1 saturated carbocycles. The summed E-state index contributed by atoms with van der Waals surface area (Å²) in [5, 5.41) is 2.70. The number of rotatable bonds is 6. The number of Topliss-reactive ketones (excluding diaryl/α,β-unsaturated/α-hetero) is 1. The van der Waals surface area contributed by atoms with Crippen molar-refractivity contribution in [3.63, 3.8) is 0 Å². The predicted octanol–water partition coefficient (Wildman–Crippen LogP) is 1.21. The van der Waals surface area contributed by atoms with E-state index in [1.165, 1.54) is 25.2 Å². The molecule has 2 atom stereocenters. The summed E-state index contributed by atoms with van der Waals surface area (Å²) in [6, 6.07) is 0.738. The molecule has 1 saturated heterocycles. The van der Waals surface area contributed by atoms with Crippen molar-refractivity contribution in [1.82, 2.24) is 10.2 Å². The second kappa shape index (κ2) is 9.03. The Balaban J connectivity index is 1.65. The van der Waals surface area contributed by atoms with E-state index in [1.807, 2.05) is 0 Å². The van der Waals surface area contributed by atoms with Gasteiger partial charge in [-0.15, -0.1) is 0 Å². The van der Waals surface area contributed by atoms with Gasteiger partial charge in [-0.1, -0.05) is 25.7 Å². The third-order valence-electron chi connectivity index (χ3n) is 5.51. The van der Waals surface area contributed by atoms with Crippen LogP contribution in [0.2, 0.25) is 0 Å². The SMILES string of the molecule is NC(=O)C1C(=O)[C@@H](NC(=O)[CH]CC2CCCC2)CCCN1C(=O)c1ccco1. The number of nitrogens with two attached hydrogens (primary N) is 1. The maximum atomic E-state index is 12.9. The quantitative estimate of drug-likeness (QED) is 0.709. The highest BCUT2D eigenvalue weighted by Gasteiger charge is 2.41. The third-order valence-corrected chi connectivity index (χ3v) is 5.51. The first kappa shape index (κ1) is 20.1. The summed E-state index contributed by atoms with van der Waals surface area (Å²) in [7, 11) is 0. The Labute approximate surface area is 163 Å². The molecule has 1 radical (unpaired) electrons. The zero-order chi connectivity index (χ0) is 20.1. The Kier molecular flexibility index (Phi) is 6.49. The van der Waals surface area contributed by atoms with Gasteiger partial charge in [0.2, 0.25) is 11.8 Å². The highest BCUT2D eigenvalue weighted by molar-refractivity contribution is 6.11. The second-order valence-electron chi connectivity index (χ2n) is 7.48. The number of nitrogens with zero attached hydrogens (tertiary/aromatic N) is 1. The van der Waals surface area contributed by atoms with Crippen LogP contribution >= 0.6 is 0 Å². The number of amides is 3. The molecule has 8 heteroatoms. The van der Waals surface area contributed by atoms with Gasteiger partial charge in [-0.05, 0) is 37.3 Å². The molecule has 8 nitrogen and oxygen atoms in total. The zero-order valence-electron chi connectivity index (χ0n) is 15.8. The molecule has 2 fully saturated rings. The molecule has 151 valence electrons. The standard InChI is InChI=1S/C20H26N3O5/c21-19(26)17-18(25)14(22-16(24)10-9-13-5-1-2-6-13)7-3-11-23(17)20(27)15-8-4-12-28-15/h4,8,10,12-14,17H,1-3,5-7,9,11H2,(H2,21,26)(H,22,24)/t14-,17?/m0/s1. The molecule has 1 aliphatic carbocycles. The van der Waals surface area contributed by atoms with Crippen molar-refractivity contribution < 1.29 is 23.6 Å². The number of primary amides is 1. The van der Waals surface area contributed by atoms with Crippen molar-refractivity contribution in [1.29, 1.82) is 0 Å². The lowest BCUT2D eigenvalue weighted by molar-refractivity contribution is -0.135. The Morgan fingerprint density at radius 1 is 1.21 bits per heavy atom. The van der Waals surface area contributed by atoms with Crippen molar-refractivity contribution in [3.8, 4) is 0 Å². The van der Waals surface area contributed by atoms with Gasteiger partial charge in [0.15, 0.2) is 17.6 Å². The van der Waals surface area contributed by atoms with Crippen LogP contribution < -0.4 is 11.1 Å². The summed E-state index contributed by atoms with van der Waals surface area (Å²) < 4.78 is 5.10. The van der Waals surface area contributed by atoms with E-state index in [2.05, 4.69) is 5.32 Å². The van der Waals surface area contributed by atoms with Crippen molar-refractivity contribution in [2.75, 3.05) is 6.54 Å². The van der Waals surface area contributed by atoms with Crippen LogP contribution in [0.4, 0.5) is 0 Å². The molecule has 3 amide bonds. The van der Waals surface area contributed by atoms with Gasteiger partial charge in [0.05, 0.1) is 12.3 Å². The van der Waals surface area contributed by atoms with Crippen molar-refractivity contribution in [2.24, 2.45) is 11.7 Å². The van der Waals surface area contributed by atoms with Crippen molar-refractivity contribution in [3.05, 3.63) is 30.6 Å². The lowest BCUT2D eigenvalue weighted by atomic mass is 9.99. The van der Waals surface area contributed by atoms with Gasteiger partial charge in [-0.3, -0.25) is 19.2 Å².